The molecule has 3 nitrogen and oxygen atoms in total. The molecule has 3 heteroatoms. The highest BCUT2D eigenvalue weighted by molar-refractivity contribution is 5.76. The number of aromatic amines is 1. The van der Waals surface area contributed by atoms with Crippen molar-refractivity contribution in [1.29, 1.82) is 0 Å². The first-order valence-corrected chi connectivity index (χ1v) is 6.90. The lowest BCUT2D eigenvalue weighted by molar-refractivity contribution is 0.415. The number of aromatic nitrogens is 2. The summed E-state index contributed by atoms with van der Waals surface area (Å²) in [6.07, 6.45) is 7.99. The van der Waals surface area contributed by atoms with Crippen LogP contribution < -0.4 is 4.74 Å². The molecular formula is C15H20N2O. The Morgan fingerprint density at radius 2 is 1.94 bits per heavy atom. The van der Waals surface area contributed by atoms with Gasteiger partial charge in [0.25, 0.3) is 0 Å². The number of rotatable bonds is 2. The average Bonchev–Trinajstić information content (AvgIpc) is 2.63. The van der Waals surface area contributed by atoms with Gasteiger partial charge in [-0.3, -0.25) is 0 Å². The quantitative estimate of drug-likeness (QED) is 0.810. The van der Waals surface area contributed by atoms with Gasteiger partial charge in [0.15, 0.2) is 0 Å². The Morgan fingerprint density at radius 1 is 1.17 bits per heavy atom. The Kier molecular flexibility index (Phi) is 3.22. The normalized spacial score (nSPS) is 17.8. The molecule has 1 saturated carbocycles. The highest BCUT2D eigenvalue weighted by Crippen LogP contribution is 2.31. The lowest BCUT2D eigenvalue weighted by Gasteiger charge is -2.09. The van der Waals surface area contributed by atoms with Gasteiger partial charge in [-0.1, -0.05) is 25.7 Å². The summed E-state index contributed by atoms with van der Waals surface area (Å²) in [7, 11) is 1.70. The van der Waals surface area contributed by atoms with Crippen molar-refractivity contribution in [1.82, 2.24) is 9.97 Å². The molecule has 18 heavy (non-hydrogen) atoms. The third-order valence-electron chi connectivity index (χ3n) is 3.95. The molecule has 1 aliphatic carbocycles. The highest BCUT2D eigenvalue weighted by atomic mass is 16.5. The Hall–Kier alpha value is -1.51. The monoisotopic (exact) mass is 244 g/mol. The predicted molar refractivity (Wildman–Crippen MR) is 73.1 cm³/mol. The van der Waals surface area contributed by atoms with Gasteiger partial charge in [-0.2, -0.15) is 0 Å². The number of hydrogen-bond acceptors (Lipinski definition) is 2. The van der Waals surface area contributed by atoms with E-state index in [1.165, 1.54) is 44.3 Å². The minimum Gasteiger partial charge on any atom is -0.497 e. The maximum Gasteiger partial charge on any atom is 0.121 e. The number of H-pyrrole nitrogens is 1. The van der Waals surface area contributed by atoms with Crippen LogP contribution in [0, 0.1) is 0 Å². The Morgan fingerprint density at radius 3 is 2.67 bits per heavy atom. The van der Waals surface area contributed by atoms with Crippen LogP contribution in [0.15, 0.2) is 18.2 Å². The molecule has 1 heterocycles. The Labute approximate surface area is 108 Å². The van der Waals surface area contributed by atoms with Crippen LogP contribution in [0.1, 0.15) is 50.3 Å². The first-order chi connectivity index (χ1) is 8.86. The van der Waals surface area contributed by atoms with E-state index in [0.717, 1.165) is 16.8 Å². The van der Waals surface area contributed by atoms with E-state index in [1.807, 2.05) is 18.2 Å². The Balaban J connectivity index is 1.91. The minimum atomic E-state index is 0.617. The van der Waals surface area contributed by atoms with Crippen molar-refractivity contribution in [3.8, 4) is 5.75 Å². The summed E-state index contributed by atoms with van der Waals surface area (Å²) >= 11 is 0. The van der Waals surface area contributed by atoms with Crippen LogP contribution in [0.25, 0.3) is 11.0 Å². The van der Waals surface area contributed by atoms with Gasteiger partial charge >= 0.3 is 0 Å². The molecule has 0 saturated heterocycles. The van der Waals surface area contributed by atoms with Crippen LogP contribution in [0.5, 0.6) is 5.75 Å². The molecule has 0 bridgehead atoms. The topological polar surface area (TPSA) is 37.9 Å². The zero-order valence-corrected chi connectivity index (χ0v) is 10.9. The fourth-order valence-corrected chi connectivity index (χ4v) is 2.88. The second-order valence-electron chi connectivity index (χ2n) is 5.19. The van der Waals surface area contributed by atoms with Crippen molar-refractivity contribution in [3.05, 3.63) is 24.0 Å². The number of nitrogens with zero attached hydrogens (tertiary/aromatic N) is 1. The molecule has 96 valence electrons. The van der Waals surface area contributed by atoms with E-state index in [1.54, 1.807) is 7.11 Å². The summed E-state index contributed by atoms with van der Waals surface area (Å²) in [4.78, 5) is 8.22. The van der Waals surface area contributed by atoms with Gasteiger partial charge in [-0.25, -0.2) is 4.98 Å². The standard InChI is InChI=1S/C15H20N2O/c1-18-12-8-9-13-14(10-12)17-15(16-13)11-6-4-2-3-5-7-11/h8-11H,2-7H2,1H3,(H,16,17). The lowest BCUT2D eigenvalue weighted by atomic mass is 10.00. The summed E-state index contributed by atoms with van der Waals surface area (Å²) < 4.78 is 5.25. The van der Waals surface area contributed by atoms with Gasteiger partial charge in [0.2, 0.25) is 0 Å². The summed E-state index contributed by atoms with van der Waals surface area (Å²) in [6.45, 7) is 0. The Bertz CT molecular complexity index is 524. The molecule has 0 radical (unpaired) electrons. The first kappa shape index (κ1) is 11.6. The average molecular weight is 244 g/mol. The predicted octanol–water partition coefficient (Wildman–Crippen LogP) is 4.01. The van der Waals surface area contributed by atoms with Gasteiger partial charge < -0.3 is 9.72 Å². The number of hydrogen-bond donors (Lipinski definition) is 1. The van der Waals surface area contributed by atoms with E-state index in [4.69, 9.17) is 9.72 Å². The molecule has 0 unspecified atom stereocenters. The van der Waals surface area contributed by atoms with Gasteiger partial charge in [-0.05, 0) is 25.0 Å². The number of imidazole rings is 1. The third kappa shape index (κ3) is 2.22. The number of ether oxygens (including phenoxy) is 1. The molecule has 1 fully saturated rings. The van der Waals surface area contributed by atoms with Crippen molar-refractivity contribution in [2.45, 2.75) is 44.4 Å². The molecule has 0 aliphatic heterocycles. The van der Waals surface area contributed by atoms with Crippen molar-refractivity contribution < 1.29 is 4.74 Å². The second kappa shape index (κ2) is 5.01. The van der Waals surface area contributed by atoms with E-state index >= 15 is 0 Å². The maximum atomic E-state index is 5.25. The zero-order valence-electron chi connectivity index (χ0n) is 10.9. The van der Waals surface area contributed by atoms with Crippen LogP contribution in [0.3, 0.4) is 0 Å². The molecular weight excluding hydrogens is 224 g/mol. The van der Waals surface area contributed by atoms with Crippen LogP contribution in [0.2, 0.25) is 0 Å². The number of benzene rings is 1. The summed E-state index contributed by atoms with van der Waals surface area (Å²) in [5.74, 6) is 2.67. The van der Waals surface area contributed by atoms with Crippen molar-refractivity contribution in [3.63, 3.8) is 0 Å². The van der Waals surface area contributed by atoms with Gasteiger partial charge in [0.05, 0.1) is 18.1 Å². The van der Waals surface area contributed by atoms with E-state index in [0.29, 0.717) is 5.92 Å². The number of methoxy groups -OCH3 is 1. The van der Waals surface area contributed by atoms with Crippen LogP contribution in [-0.2, 0) is 0 Å². The van der Waals surface area contributed by atoms with Crippen molar-refractivity contribution >= 4 is 11.0 Å². The summed E-state index contributed by atoms with van der Waals surface area (Å²) in [6, 6.07) is 6.04. The zero-order chi connectivity index (χ0) is 12.4. The van der Waals surface area contributed by atoms with Gasteiger partial charge in [0.1, 0.15) is 11.6 Å². The van der Waals surface area contributed by atoms with Gasteiger partial charge in [0, 0.05) is 12.0 Å². The van der Waals surface area contributed by atoms with Crippen molar-refractivity contribution in [2.75, 3.05) is 7.11 Å². The smallest absolute Gasteiger partial charge is 0.121 e. The largest absolute Gasteiger partial charge is 0.497 e. The van der Waals surface area contributed by atoms with E-state index in [2.05, 4.69) is 4.98 Å². The highest BCUT2D eigenvalue weighted by Gasteiger charge is 2.17. The maximum absolute atomic E-state index is 5.25. The number of nitrogens with one attached hydrogen (secondary N) is 1. The molecule has 2 aromatic rings. The third-order valence-corrected chi connectivity index (χ3v) is 3.95. The van der Waals surface area contributed by atoms with E-state index in [9.17, 15) is 0 Å². The van der Waals surface area contributed by atoms with Crippen LogP contribution in [-0.4, -0.2) is 17.1 Å². The number of fused-ring (bicyclic) bond motifs is 1. The molecule has 3 rings (SSSR count). The molecule has 0 spiro atoms. The van der Waals surface area contributed by atoms with Crippen molar-refractivity contribution in [2.24, 2.45) is 0 Å². The molecule has 0 amide bonds. The fourth-order valence-electron chi connectivity index (χ4n) is 2.88. The fraction of sp³-hybridized carbons (Fsp3) is 0.533. The van der Waals surface area contributed by atoms with E-state index in [-0.39, 0.29) is 0 Å². The molecule has 1 N–H and O–H groups in total. The second-order valence-corrected chi connectivity index (χ2v) is 5.19. The van der Waals surface area contributed by atoms with Gasteiger partial charge in [-0.15, -0.1) is 0 Å². The lowest BCUT2D eigenvalue weighted by Crippen LogP contribution is -1.99. The summed E-state index contributed by atoms with van der Waals surface area (Å²) in [5, 5.41) is 0. The molecule has 1 aliphatic rings. The molecule has 1 aromatic heterocycles. The SMILES string of the molecule is COc1ccc2nc(C3CCCCCC3)[nH]c2c1. The van der Waals surface area contributed by atoms with Crippen LogP contribution in [0.4, 0.5) is 0 Å². The van der Waals surface area contributed by atoms with E-state index < -0.39 is 0 Å². The minimum absolute atomic E-state index is 0.617. The first-order valence-electron chi connectivity index (χ1n) is 6.90. The summed E-state index contributed by atoms with van der Waals surface area (Å²) in [5.41, 5.74) is 2.14. The molecule has 1 aromatic carbocycles. The van der Waals surface area contributed by atoms with Crippen LogP contribution >= 0.6 is 0 Å². The molecule has 0 atom stereocenters.